The fourth-order valence-electron chi connectivity index (χ4n) is 2.37. The highest BCUT2D eigenvalue weighted by molar-refractivity contribution is 5.82. The maximum atomic E-state index is 12.6. The molecule has 1 aliphatic heterocycles. The zero-order chi connectivity index (χ0) is 15.6. The van der Waals surface area contributed by atoms with Gasteiger partial charge in [-0.15, -0.1) is 0 Å². The van der Waals surface area contributed by atoms with Crippen molar-refractivity contribution in [2.24, 2.45) is 0 Å². The quantitative estimate of drug-likeness (QED) is 0.887. The summed E-state index contributed by atoms with van der Waals surface area (Å²) in [5, 5.41) is 12.3. The van der Waals surface area contributed by atoms with Gasteiger partial charge in [0.1, 0.15) is 0 Å². The summed E-state index contributed by atoms with van der Waals surface area (Å²) in [6.45, 7) is 0.449. The first kappa shape index (κ1) is 15.8. The lowest BCUT2D eigenvalue weighted by atomic mass is 10.1. The van der Waals surface area contributed by atoms with Crippen molar-refractivity contribution >= 4 is 5.91 Å². The first-order valence-electron chi connectivity index (χ1n) is 6.60. The monoisotopic (exact) mass is 302 g/mol. The van der Waals surface area contributed by atoms with Crippen LogP contribution in [0.3, 0.4) is 0 Å². The van der Waals surface area contributed by atoms with Crippen LogP contribution in [-0.4, -0.2) is 41.7 Å². The Morgan fingerprint density at radius 3 is 2.76 bits per heavy atom. The van der Waals surface area contributed by atoms with Crippen molar-refractivity contribution in [3.63, 3.8) is 0 Å². The first-order valence-corrected chi connectivity index (χ1v) is 6.60. The topological polar surface area (TPSA) is 52.6 Å². The molecule has 0 aliphatic carbocycles. The average Bonchev–Trinajstić information content (AvgIpc) is 2.84. The minimum atomic E-state index is -4.39. The van der Waals surface area contributed by atoms with E-state index in [4.69, 9.17) is 0 Å². The summed E-state index contributed by atoms with van der Waals surface area (Å²) in [5.74, 6) is -0.232. The molecule has 0 unspecified atom stereocenters. The van der Waals surface area contributed by atoms with Gasteiger partial charge in [-0.25, -0.2) is 0 Å². The highest BCUT2D eigenvalue weighted by atomic mass is 19.4. The third-order valence-electron chi connectivity index (χ3n) is 3.46. The van der Waals surface area contributed by atoms with Gasteiger partial charge < -0.3 is 15.3 Å². The summed E-state index contributed by atoms with van der Waals surface area (Å²) in [4.78, 5) is 13.5. The summed E-state index contributed by atoms with van der Waals surface area (Å²) < 4.78 is 37.9. The smallest absolute Gasteiger partial charge is 0.392 e. The molecule has 1 aromatic rings. The van der Waals surface area contributed by atoms with E-state index in [0.29, 0.717) is 18.5 Å². The Labute approximate surface area is 120 Å². The standard InChI is InChI=1S/C14H17F3N2O2/c1-19(13(21)12-6-11(20)7-18-12)8-9-3-2-4-10(5-9)14(15,16)17/h2-5,11-12,18,20H,6-8H2,1H3/t11-,12+/m1/s1. The molecule has 0 bridgehead atoms. The number of amides is 1. The third kappa shape index (κ3) is 3.95. The van der Waals surface area contributed by atoms with Crippen LogP contribution < -0.4 is 5.32 Å². The molecule has 1 aliphatic rings. The number of hydrogen-bond acceptors (Lipinski definition) is 3. The van der Waals surface area contributed by atoms with Crippen LogP contribution in [0.1, 0.15) is 17.5 Å². The van der Waals surface area contributed by atoms with Gasteiger partial charge in [0.15, 0.2) is 0 Å². The molecule has 2 N–H and O–H groups in total. The lowest BCUT2D eigenvalue weighted by molar-refractivity contribution is -0.137. The molecule has 2 atom stereocenters. The number of nitrogens with zero attached hydrogens (tertiary/aromatic N) is 1. The number of β-amino-alcohol motifs (C(OH)–C–C–N with tert-alkyl or cyclic N) is 1. The molecule has 0 aromatic heterocycles. The average molecular weight is 302 g/mol. The first-order chi connectivity index (χ1) is 9.77. The molecule has 1 saturated heterocycles. The number of hydrogen-bond donors (Lipinski definition) is 2. The summed E-state index contributed by atoms with van der Waals surface area (Å²) in [6.07, 6.45) is -4.62. The van der Waals surface area contributed by atoms with E-state index in [9.17, 15) is 23.1 Å². The zero-order valence-corrected chi connectivity index (χ0v) is 11.5. The number of benzene rings is 1. The number of halogens is 3. The van der Waals surface area contributed by atoms with Gasteiger partial charge in [-0.1, -0.05) is 12.1 Å². The van der Waals surface area contributed by atoms with Crippen LogP contribution in [0.4, 0.5) is 13.2 Å². The number of nitrogens with one attached hydrogen (secondary N) is 1. The van der Waals surface area contributed by atoms with Crippen molar-refractivity contribution < 1.29 is 23.1 Å². The van der Waals surface area contributed by atoms with Crippen molar-refractivity contribution in [1.29, 1.82) is 0 Å². The van der Waals surface area contributed by atoms with Crippen LogP contribution in [0.15, 0.2) is 24.3 Å². The van der Waals surface area contributed by atoms with Crippen molar-refractivity contribution in [2.75, 3.05) is 13.6 Å². The SMILES string of the molecule is CN(Cc1cccc(C(F)(F)F)c1)C(=O)[C@@H]1C[C@@H](O)CN1. The minimum Gasteiger partial charge on any atom is -0.392 e. The van der Waals surface area contributed by atoms with Gasteiger partial charge in [0.2, 0.25) is 5.91 Å². The van der Waals surface area contributed by atoms with Crippen molar-refractivity contribution in [1.82, 2.24) is 10.2 Å². The molecule has 116 valence electrons. The second-order valence-electron chi connectivity index (χ2n) is 5.24. The number of alkyl halides is 3. The molecule has 2 rings (SSSR count). The van der Waals surface area contributed by atoms with E-state index in [1.165, 1.54) is 18.0 Å². The van der Waals surface area contributed by atoms with Crippen molar-refractivity contribution in [2.45, 2.75) is 31.3 Å². The summed E-state index contributed by atoms with van der Waals surface area (Å²) in [6, 6.07) is 4.45. The lowest BCUT2D eigenvalue weighted by Crippen LogP contribution is -2.41. The van der Waals surface area contributed by atoms with E-state index >= 15 is 0 Å². The molecular weight excluding hydrogens is 285 g/mol. The number of likely N-dealkylation sites (N-methyl/N-ethyl adjacent to an activating group) is 1. The fraction of sp³-hybridized carbons (Fsp3) is 0.500. The lowest BCUT2D eigenvalue weighted by Gasteiger charge is -2.21. The maximum Gasteiger partial charge on any atom is 0.416 e. The Morgan fingerprint density at radius 2 is 2.19 bits per heavy atom. The summed E-state index contributed by atoms with van der Waals surface area (Å²) in [5.41, 5.74) is -0.311. The Kier molecular flexibility index (Phi) is 4.53. The molecule has 1 heterocycles. The van der Waals surface area contributed by atoms with Crippen molar-refractivity contribution in [3.05, 3.63) is 35.4 Å². The number of carbonyl (C=O) groups is 1. The molecule has 0 radical (unpaired) electrons. The van der Waals surface area contributed by atoms with Crippen LogP contribution in [0.25, 0.3) is 0 Å². The Hall–Kier alpha value is -1.60. The van der Waals surface area contributed by atoms with Crippen LogP contribution in [0.5, 0.6) is 0 Å². The van der Waals surface area contributed by atoms with E-state index in [2.05, 4.69) is 5.32 Å². The van der Waals surface area contributed by atoms with E-state index in [1.54, 1.807) is 6.07 Å². The van der Waals surface area contributed by atoms with E-state index in [-0.39, 0.29) is 12.5 Å². The number of rotatable bonds is 3. The van der Waals surface area contributed by atoms with Crippen LogP contribution in [0, 0.1) is 0 Å². The predicted octanol–water partition coefficient (Wildman–Crippen LogP) is 1.39. The van der Waals surface area contributed by atoms with Gasteiger partial charge in [0, 0.05) is 20.1 Å². The Morgan fingerprint density at radius 1 is 1.48 bits per heavy atom. The molecule has 1 fully saturated rings. The Balaban J connectivity index is 2.02. The van der Waals surface area contributed by atoms with E-state index in [0.717, 1.165) is 12.1 Å². The molecule has 1 aromatic carbocycles. The van der Waals surface area contributed by atoms with E-state index < -0.39 is 23.9 Å². The number of aliphatic hydroxyl groups excluding tert-OH is 1. The molecule has 0 saturated carbocycles. The van der Waals surface area contributed by atoms with Gasteiger partial charge in [0.05, 0.1) is 17.7 Å². The van der Waals surface area contributed by atoms with Crippen molar-refractivity contribution in [3.8, 4) is 0 Å². The highest BCUT2D eigenvalue weighted by Crippen LogP contribution is 2.29. The fourth-order valence-corrected chi connectivity index (χ4v) is 2.37. The van der Waals surface area contributed by atoms with Crippen LogP contribution in [0.2, 0.25) is 0 Å². The van der Waals surface area contributed by atoms with Gasteiger partial charge in [-0.2, -0.15) is 13.2 Å². The Bertz CT molecular complexity index is 519. The van der Waals surface area contributed by atoms with Gasteiger partial charge in [-0.3, -0.25) is 4.79 Å². The molecule has 21 heavy (non-hydrogen) atoms. The maximum absolute atomic E-state index is 12.6. The van der Waals surface area contributed by atoms with Crippen LogP contribution >= 0.6 is 0 Å². The second kappa shape index (κ2) is 6.03. The third-order valence-corrected chi connectivity index (χ3v) is 3.46. The predicted molar refractivity (Wildman–Crippen MR) is 70.3 cm³/mol. The molecule has 1 amide bonds. The highest BCUT2D eigenvalue weighted by Gasteiger charge is 2.32. The number of aliphatic hydroxyl groups is 1. The minimum absolute atomic E-state index is 0.0943. The van der Waals surface area contributed by atoms with E-state index in [1.807, 2.05) is 0 Å². The number of carbonyl (C=O) groups excluding carboxylic acids is 1. The normalized spacial score (nSPS) is 22.3. The summed E-state index contributed by atoms with van der Waals surface area (Å²) >= 11 is 0. The zero-order valence-electron chi connectivity index (χ0n) is 11.5. The molecule has 4 nitrogen and oxygen atoms in total. The molecule has 7 heteroatoms. The second-order valence-corrected chi connectivity index (χ2v) is 5.24. The van der Waals surface area contributed by atoms with Gasteiger partial charge >= 0.3 is 6.18 Å². The largest absolute Gasteiger partial charge is 0.416 e. The van der Waals surface area contributed by atoms with Crippen LogP contribution in [-0.2, 0) is 17.5 Å². The molecular formula is C14H17F3N2O2. The van der Waals surface area contributed by atoms with Gasteiger partial charge in [0.25, 0.3) is 0 Å². The van der Waals surface area contributed by atoms with Gasteiger partial charge in [-0.05, 0) is 24.1 Å². The summed E-state index contributed by atoms with van der Waals surface area (Å²) in [7, 11) is 1.54. The molecule has 0 spiro atoms.